The Morgan fingerprint density at radius 1 is 1.00 bits per heavy atom. The Bertz CT molecular complexity index is 1410. The highest BCUT2D eigenvalue weighted by Gasteiger charge is 2.34. The number of imidazole rings is 1. The fourth-order valence-electron chi connectivity index (χ4n) is 6.09. The van der Waals surface area contributed by atoms with E-state index in [2.05, 4.69) is 20.6 Å². The SMILES string of the molecule is O=C(O)[C@H]1CC[C@H](c2c(C3CCOCC3)n(-c3ccc(F)c(F)c3)c3cc4nc[nH]c4cc32)CC1. The van der Waals surface area contributed by atoms with E-state index in [0.717, 1.165) is 53.3 Å². The molecule has 0 bridgehead atoms. The van der Waals surface area contributed by atoms with Crippen molar-refractivity contribution in [2.75, 3.05) is 13.2 Å². The third kappa shape index (κ3) is 3.80. The fourth-order valence-corrected chi connectivity index (χ4v) is 6.09. The van der Waals surface area contributed by atoms with Crippen molar-refractivity contribution in [3.63, 3.8) is 0 Å². The van der Waals surface area contributed by atoms with Gasteiger partial charge in [-0.3, -0.25) is 4.79 Å². The van der Waals surface area contributed by atoms with Gasteiger partial charge < -0.3 is 19.4 Å². The minimum atomic E-state index is -0.883. The standard InChI is InChI=1S/C27H27F2N3O3/c28-20-6-5-18(11-21(20)29)32-24-13-23-22(30-14-31-23)12-19(24)25(26(32)16-7-9-35-10-8-16)15-1-3-17(4-2-15)27(33)34/h5-6,11-17H,1-4,7-10H2,(H,30,31)(H,33,34)/t15-,17-. The molecule has 6 nitrogen and oxygen atoms in total. The molecule has 35 heavy (non-hydrogen) atoms. The van der Waals surface area contributed by atoms with Crippen LogP contribution in [-0.2, 0) is 9.53 Å². The number of aliphatic carboxylic acids is 1. The molecule has 1 aliphatic carbocycles. The Labute approximate surface area is 200 Å². The van der Waals surface area contributed by atoms with Gasteiger partial charge in [0.2, 0.25) is 0 Å². The number of hydrogen-bond acceptors (Lipinski definition) is 3. The first-order chi connectivity index (χ1) is 17.0. The van der Waals surface area contributed by atoms with Crippen molar-refractivity contribution in [2.24, 2.45) is 5.92 Å². The van der Waals surface area contributed by atoms with E-state index >= 15 is 0 Å². The number of carboxylic acids is 1. The van der Waals surface area contributed by atoms with Gasteiger partial charge >= 0.3 is 5.97 Å². The Morgan fingerprint density at radius 3 is 2.49 bits per heavy atom. The molecule has 0 radical (unpaired) electrons. The quantitative estimate of drug-likeness (QED) is 0.374. The molecule has 6 rings (SSSR count). The van der Waals surface area contributed by atoms with Crippen LogP contribution in [0.3, 0.4) is 0 Å². The highest BCUT2D eigenvalue weighted by atomic mass is 19.2. The lowest BCUT2D eigenvalue weighted by molar-refractivity contribution is -0.142. The van der Waals surface area contributed by atoms with Crippen LogP contribution in [0.2, 0.25) is 0 Å². The molecule has 4 aromatic rings. The lowest BCUT2D eigenvalue weighted by Gasteiger charge is -2.30. The van der Waals surface area contributed by atoms with E-state index in [1.54, 1.807) is 12.4 Å². The summed E-state index contributed by atoms with van der Waals surface area (Å²) in [5, 5.41) is 10.6. The van der Waals surface area contributed by atoms with Gasteiger partial charge in [-0.15, -0.1) is 0 Å². The summed E-state index contributed by atoms with van der Waals surface area (Å²) in [6.07, 6.45) is 6.18. The van der Waals surface area contributed by atoms with E-state index in [9.17, 15) is 18.7 Å². The molecule has 1 saturated heterocycles. The molecule has 0 unspecified atom stereocenters. The Hall–Kier alpha value is -3.26. The summed E-state index contributed by atoms with van der Waals surface area (Å²) in [6.45, 7) is 1.30. The summed E-state index contributed by atoms with van der Waals surface area (Å²) in [4.78, 5) is 19.2. The van der Waals surface area contributed by atoms with Crippen molar-refractivity contribution >= 4 is 27.9 Å². The summed E-state index contributed by atoms with van der Waals surface area (Å²) >= 11 is 0. The van der Waals surface area contributed by atoms with Crippen molar-refractivity contribution in [3.05, 3.63) is 59.6 Å². The smallest absolute Gasteiger partial charge is 0.306 e. The average Bonchev–Trinajstić information content (AvgIpc) is 3.46. The molecule has 0 spiro atoms. The molecule has 3 heterocycles. The molecule has 182 valence electrons. The molecule has 8 heteroatoms. The maximum Gasteiger partial charge on any atom is 0.306 e. The predicted molar refractivity (Wildman–Crippen MR) is 128 cm³/mol. The van der Waals surface area contributed by atoms with Crippen molar-refractivity contribution in [1.29, 1.82) is 0 Å². The molecule has 1 aliphatic heterocycles. The van der Waals surface area contributed by atoms with Crippen LogP contribution >= 0.6 is 0 Å². The number of nitrogens with zero attached hydrogens (tertiary/aromatic N) is 2. The van der Waals surface area contributed by atoms with Crippen molar-refractivity contribution in [1.82, 2.24) is 14.5 Å². The van der Waals surface area contributed by atoms with Crippen LogP contribution in [0.4, 0.5) is 8.78 Å². The van der Waals surface area contributed by atoms with Crippen molar-refractivity contribution in [2.45, 2.75) is 50.4 Å². The fraction of sp³-hybridized carbons (Fsp3) is 0.407. The third-order valence-electron chi connectivity index (χ3n) is 7.84. The molecular weight excluding hydrogens is 452 g/mol. The van der Waals surface area contributed by atoms with Crippen LogP contribution in [0.25, 0.3) is 27.6 Å². The summed E-state index contributed by atoms with van der Waals surface area (Å²) < 4.78 is 36.1. The molecule has 2 aromatic carbocycles. The van der Waals surface area contributed by atoms with Crippen LogP contribution in [0.1, 0.15) is 61.6 Å². The van der Waals surface area contributed by atoms with Gasteiger partial charge in [-0.2, -0.15) is 0 Å². The highest BCUT2D eigenvalue weighted by Crippen LogP contribution is 2.47. The number of hydrogen-bond donors (Lipinski definition) is 2. The maximum atomic E-state index is 14.4. The van der Waals surface area contributed by atoms with Crippen LogP contribution in [0.15, 0.2) is 36.7 Å². The molecule has 0 amide bonds. The number of ether oxygens (including phenoxy) is 1. The van der Waals surface area contributed by atoms with Crippen molar-refractivity contribution in [3.8, 4) is 5.69 Å². The summed E-state index contributed by atoms with van der Waals surface area (Å²) in [5.41, 5.74) is 5.53. The Kier molecular flexibility index (Phi) is 5.56. The molecule has 1 saturated carbocycles. The van der Waals surface area contributed by atoms with Crippen LogP contribution in [-0.4, -0.2) is 38.8 Å². The van der Waals surface area contributed by atoms with Gasteiger partial charge in [-0.1, -0.05) is 0 Å². The minimum absolute atomic E-state index is 0.192. The second kappa shape index (κ2) is 8.75. The Morgan fingerprint density at radius 2 is 1.77 bits per heavy atom. The van der Waals surface area contributed by atoms with Crippen LogP contribution in [0, 0.1) is 17.6 Å². The van der Waals surface area contributed by atoms with Gasteiger partial charge in [0, 0.05) is 42.0 Å². The minimum Gasteiger partial charge on any atom is -0.481 e. The molecule has 2 fully saturated rings. The number of aromatic amines is 1. The number of carboxylic acid groups (broad SMARTS) is 1. The summed E-state index contributed by atoms with van der Waals surface area (Å²) in [7, 11) is 0. The topological polar surface area (TPSA) is 80.1 Å². The average molecular weight is 480 g/mol. The van der Waals surface area contributed by atoms with E-state index in [-0.39, 0.29) is 17.8 Å². The van der Waals surface area contributed by atoms with Gasteiger partial charge in [0.05, 0.1) is 28.8 Å². The normalized spacial score (nSPS) is 21.7. The predicted octanol–water partition coefficient (Wildman–Crippen LogP) is 6.04. The first-order valence-corrected chi connectivity index (χ1v) is 12.3. The second-order valence-electron chi connectivity index (χ2n) is 9.80. The largest absolute Gasteiger partial charge is 0.481 e. The molecule has 2 N–H and O–H groups in total. The zero-order valence-corrected chi connectivity index (χ0v) is 19.3. The highest BCUT2D eigenvalue weighted by molar-refractivity contribution is 5.98. The van der Waals surface area contributed by atoms with E-state index in [0.29, 0.717) is 31.7 Å². The summed E-state index contributed by atoms with van der Waals surface area (Å²) in [5.74, 6) is -2.40. The van der Waals surface area contributed by atoms with E-state index < -0.39 is 17.6 Å². The van der Waals surface area contributed by atoms with E-state index in [1.165, 1.54) is 17.7 Å². The van der Waals surface area contributed by atoms with Gasteiger partial charge in [0.1, 0.15) is 0 Å². The first-order valence-electron chi connectivity index (χ1n) is 12.3. The number of nitrogens with one attached hydrogen (secondary N) is 1. The monoisotopic (exact) mass is 479 g/mol. The molecule has 2 aromatic heterocycles. The third-order valence-corrected chi connectivity index (χ3v) is 7.84. The number of H-pyrrole nitrogens is 1. The first kappa shape index (κ1) is 22.2. The number of aromatic nitrogens is 3. The maximum absolute atomic E-state index is 14.4. The zero-order valence-electron chi connectivity index (χ0n) is 19.3. The summed E-state index contributed by atoms with van der Waals surface area (Å²) in [6, 6.07) is 8.18. The number of rotatable bonds is 4. The number of halogens is 2. The van der Waals surface area contributed by atoms with E-state index in [4.69, 9.17) is 4.74 Å². The van der Waals surface area contributed by atoms with Crippen molar-refractivity contribution < 1.29 is 23.4 Å². The zero-order chi connectivity index (χ0) is 24.1. The number of benzene rings is 2. The molecule has 2 aliphatic rings. The molecular formula is C27H27F2N3O3. The van der Waals surface area contributed by atoms with Crippen LogP contribution in [0.5, 0.6) is 0 Å². The number of carbonyl (C=O) groups is 1. The van der Waals surface area contributed by atoms with E-state index in [1.807, 2.05) is 6.07 Å². The molecule has 0 atom stereocenters. The van der Waals surface area contributed by atoms with Gasteiger partial charge in [0.25, 0.3) is 0 Å². The second-order valence-corrected chi connectivity index (χ2v) is 9.80. The van der Waals surface area contributed by atoms with Gasteiger partial charge in [-0.05, 0) is 74.3 Å². The van der Waals surface area contributed by atoms with Gasteiger partial charge in [-0.25, -0.2) is 13.8 Å². The number of fused-ring (bicyclic) bond motifs is 2. The van der Waals surface area contributed by atoms with Crippen LogP contribution < -0.4 is 0 Å². The Balaban J connectivity index is 1.62. The lowest BCUT2D eigenvalue weighted by Crippen LogP contribution is -2.23. The van der Waals surface area contributed by atoms with Gasteiger partial charge in [0.15, 0.2) is 11.6 Å². The lowest BCUT2D eigenvalue weighted by atomic mass is 9.76.